The van der Waals surface area contributed by atoms with E-state index in [0.29, 0.717) is 0 Å². The van der Waals surface area contributed by atoms with Gasteiger partial charge in [-0.2, -0.15) is 8.42 Å². The Morgan fingerprint density at radius 1 is 1.05 bits per heavy atom. The summed E-state index contributed by atoms with van der Waals surface area (Å²) >= 11 is 0. The van der Waals surface area contributed by atoms with Crippen molar-refractivity contribution in [3.05, 3.63) is 41.5 Å². The summed E-state index contributed by atoms with van der Waals surface area (Å²) in [4.78, 5) is 24.3. The van der Waals surface area contributed by atoms with Crippen LogP contribution >= 0.6 is 12.4 Å². The second-order valence-corrected chi connectivity index (χ2v) is 4.72. The van der Waals surface area contributed by atoms with Crippen molar-refractivity contribution in [1.29, 1.82) is 11.1 Å². The zero-order chi connectivity index (χ0) is 14.6. The number of fused-ring (bicyclic) bond motifs is 1. The summed E-state index contributed by atoms with van der Waals surface area (Å²) in [6, 6.07) is 3.72. The highest BCUT2D eigenvalue weighted by atomic mass is 35.5. The molecule has 0 atom stereocenters. The Labute approximate surface area is 119 Å². The van der Waals surface area contributed by atoms with Gasteiger partial charge in [0, 0.05) is 5.56 Å². The van der Waals surface area contributed by atoms with Crippen LogP contribution in [0.25, 0.3) is 0 Å². The third-order valence-electron chi connectivity index (χ3n) is 2.20. The van der Waals surface area contributed by atoms with Gasteiger partial charge < -0.3 is 0 Å². The number of rotatable bonds is 1. The molecule has 10 heteroatoms. The first-order valence-corrected chi connectivity index (χ1v) is 6.17. The van der Waals surface area contributed by atoms with E-state index in [1.54, 1.807) is 0 Å². The van der Waals surface area contributed by atoms with Crippen molar-refractivity contribution in [3.8, 4) is 0 Å². The smallest absolute Gasteiger partial charge is 0.289 e. The van der Waals surface area contributed by atoms with Crippen LogP contribution in [0.2, 0.25) is 0 Å². The second-order valence-electron chi connectivity index (χ2n) is 3.33. The number of nitrogens with zero attached hydrogens (tertiary/aromatic N) is 1. The average molecular weight is 319 g/mol. The SMILES string of the molecule is Cl.N=[N+]=N.O=C1C=CC(=O)c2c1cccc2S(=O)(=O)O. The molecular weight excluding hydrogens is 310 g/mol. The minimum absolute atomic E-state index is 0. The quantitative estimate of drug-likeness (QED) is 0.406. The number of hydrogen-bond acceptors (Lipinski definition) is 6. The summed E-state index contributed by atoms with van der Waals surface area (Å²) in [7, 11) is -4.51. The monoisotopic (exact) mass is 318 g/mol. The van der Waals surface area contributed by atoms with Gasteiger partial charge in [-0.15, -0.1) is 12.4 Å². The van der Waals surface area contributed by atoms with E-state index in [1.165, 1.54) is 12.1 Å². The van der Waals surface area contributed by atoms with Gasteiger partial charge >= 0.3 is 0 Å². The van der Waals surface area contributed by atoms with E-state index in [1.807, 2.05) is 4.91 Å². The zero-order valence-electron chi connectivity index (χ0n) is 9.73. The van der Waals surface area contributed by atoms with E-state index in [-0.39, 0.29) is 23.5 Å². The molecule has 1 aliphatic carbocycles. The lowest BCUT2D eigenvalue weighted by Gasteiger charge is -2.11. The third-order valence-corrected chi connectivity index (χ3v) is 3.10. The minimum atomic E-state index is -4.51. The van der Waals surface area contributed by atoms with E-state index in [0.717, 1.165) is 18.2 Å². The van der Waals surface area contributed by atoms with Crippen LogP contribution < -0.4 is 4.91 Å². The van der Waals surface area contributed by atoms with Crippen molar-refractivity contribution in [1.82, 2.24) is 4.91 Å². The van der Waals surface area contributed by atoms with Crippen LogP contribution in [0.3, 0.4) is 0 Å². The van der Waals surface area contributed by atoms with Crippen LogP contribution in [0.5, 0.6) is 0 Å². The van der Waals surface area contributed by atoms with Crippen LogP contribution in [0, 0.1) is 11.1 Å². The maximum absolute atomic E-state index is 11.5. The van der Waals surface area contributed by atoms with Gasteiger partial charge in [0.1, 0.15) is 16.0 Å². The number of halogens is 1. The Morgan fingerprint density at radius 3 is 2.05 bits per heavy atom. The molecule has 0 bridgehead atoms. The average Bonchev–Trinajstić information content (AvgIpc) is 2.33. The van der Waals surface area contributed by atoms with Gasteiger partial charge in [-0.3, -0.25) is 14.1 Å². The van der Waals surface area contributed by atoms with Crippen molar-refractivity contribution in [2.24, 2.45) is 0 Å². The molecule has 0 aromatic heterocycles. The number of carbonyl (C=O) groups is 2. The molecule has 1 aromatic carbocycles. The van der Waals surface area contributed by atoms with Crippen LogP contribution in [0.1, 0.15) is 20.7 Å². The van der Waals surface area contributed by atoms with Gasteiger partial charge in [0.2, 0.25) is 4.91 Å². The largest absolute Gasteiger partial charge is 0.295 e. The molecule has 0 saturated carbocycles. The summed E-state index contributed by atoms with van der Waals surface area (Å²) in [6.07, 6.45) is 2.05. The first-order chi connectivity index (χ1) is 8.82. The number of hydrogen-bond donors (Lipinski definition) is 3. The van der Waals surface area contributed by atoms with Gasteiger partial charge in [0.05, 0.1) is 5.56 Å². The summed E-state index contributed by atoms with van der Waals surface area (Å²) in [5.74, 6) is -1.07. The molecule has 2 rings (SSSR count). The van der Waals surface area contributed by atoms with Crippen molar-refractivity contribution in [3.63, 3.8) is 0 Å². The Kier molecular flexibility index (Phi) is 6.08. The molecule has 1 aliphatic rings. The summed E-state index contributed by atoms with van der Waals surface area (Å²) in [5, 5.41) is 0. The fourth-order valence-corrected chi connectivity index (χ4v) is 2.25. The summed E-state index contributed by atoms with van der Waals surface area (Å²) < 4.78 is 31.0. The molecule has 0 aliphatic heterocycles. The predicted molar refractivity (Wildman–Crippen MR) is 68.9 cm³/mol. The van der Waals surface area contributed by atoms with Gasteiger partial charge in [-0.05, 0) is 18.2 Å². The third kappa shape index (κ3) is 3.65. The lowest BCUT2D eigenvalue weighted by molar-refractivity contribution is 0.0991. The second kappa shape index (κ2) is 6.83. The van der Waals surface area contributed by atoms with Crippen LogP contribution in [-0.2, 0) is 10.1 Å². The van der Waals surface area contributed by atoms with Gasteiger partial charge in [-0.25, -0.2) is 0 Å². The standard InChI is InChI=1S/C10H6O5S.ClH.H2N3/c11-7-4-5-8(12)10-6(7)2-1-3-9(10)16(13,14)15;;1-3-2/h1-5H,(H,13,14,15);1H;1-2H/q;;+1. The molecule has 0 saturated heterocycles. The Balaban J connectivity index is 0.000000830. The highest BCUT2D eigenvalue weighted by Crippen LogP contribution is 2.24. The molecule has 1 aromatic rings. The number of ketones is 2. The van der Waals surface area contributed by atoms with E-state index >= 15 is 0 Å². The van der Waals surface area contributed by atoms with E-state index in [9.17, 15) is 18.0 Å². The van der Waals surface area contributed by atoms with Crippen molar-refractivity contribution in [2.45, 2.75) is 4.90 Å². The maximum Gasteiger partial charge on any atom is 0.295 e. The topological polar surface area (TPSA) is 150 Å². The fraction of sp³-hybridized carbons (Fsp3) is 0. The van der Waals surface area contributed by atoms with E-state index in [4.69, 9.17) is 15.6 Å². The van der Waals surface area contributed by atoms with Gasteiger partial charge in [0.25, 0.3) is 10.1 Å². The molecule has 20 heavy (non-hydrogen) atoms. The minimum Gasteiger partial charge on any atom is -0.289 e. The number of benzene rings is 1. The van der Waals surface area contributed by atoms with Crippen molar-refractivity contribution in [2.75, 3.05) is 0 Å². The normalized spacial score (nSPS) is 12.4. The molecule has 106 valence electrons. The Bertz CT molecular complexity index is 720. The van der Waals surface area contributed by atoms with Crippen molar-refractivity contribution < 1.29 is 22.6 Å². The molecular formula is C10H9ClN3O5S+. The first-order valence-electron chi connectivity index (χ1n) is 4.73. The van der Waals surface area contributed by atoms with Gasteiger partial charge in [0.15, 0.2) is 11.6 Å². The zero-order valence-corrected chi connectivity index (χ0v) is 11.4. The molecule has 8 nitrogen and oxygen atoms in total. The highest BCUT2D eigenvalue weighted by Gasteiger charge is 2.26. The molecule has 3 N–H and O–H groups in total. The van der Waals surface area contributed by atoms with Crippen LogP contribution in [0.15, 0.2) is 35.2 Å². The Morgan fingerprint density at radius 2 is 1.55 bits per heavy atom. The number of carbonyl (C=O) groups excluding carboxylic acids is 2. The Hall–Kier alpha value is -2.19. The molecule has 0 amide bonds. The summed E-state index contributed by atoms with van der Waals surface area (Å²) in [6.45, 7) is 0. The maximum atomic E-state index is 11.5. The number of allylic oxidation sites excluding steroid dienone is 2. The molecule has 0 heterocycles. The lowest BCUT2D eigenvalue weighted by Crippen LogP contribution is -2.16. The molecule has 0 unspecified atom stereocenters. The fourth-order valence-electron chi connectivity index (χ4n) is 1.53. The first kappa shape index (κ1) is 17.8. The van der Waals surface area contributed by atoms with E-state index < -0.39 is 26.6 Å². The molecule has 0 radical (unpaired) electrons. The van der Waals surface area contributed by atoms with Crippen LogP contribution in [0.4, 0.5) is 0 Å². The number of nitrogens with one attached hydrogen (secondary N) is 2. The molecule has 0 fully saturated rings. The summed E-state index contributed by atoms with van der Waals surface area (Å²) in [5.41, 5.74) is 10.7. The highest BCUT2D eigenvalue weighted by molar-refractivity contribution is 7.86. The lowest BCUT2D eigenvalue weighted by atomic mass is 9.95. The van der Waals surface area contributed by atoms with Crippen molar-refractivity contribution >= 4 is 34.1 Å². The molecule has 0 spiro atoms. The van der Waals surface area contributed by atoms with Gasteiger partial charge in [-0.1, -0.05) is 12.1 Å². The van der Waals surface area contributed by atoms with Crippen LogP contribution in [-0.4, -0.2) is 24.5 Å². The predicted octanol–water partition coefficient (Wildman–Crippen LogP) is 1.41. The van der Waals surface area contributed by atoms with E-state index in [2.05, 4.69) is 0 Å².